The molecule has 0 atom stereocenters. The van der Waals surface area contributed by atoms with Gasteiger partial charge in [-0.25, -0.2) is 12.8 Å². The van der Waals surface area contributed by atoms with Gasteiger partial charge in [0.15, 0.2) is 11.5 Å². The van der Waals surface area contributed by atoms with Crippen molar-refractivity contribution in [2.45, 2.75) is 4.90 Å². The minimum atomic E-state index is -4.27. The molecule has 0 saturated carbocycles. The number of halogens is 1. The lowest BCUT2D eigenvalue weighted by atomic mass is 10.1. The molecule has 2 aromatic carbocycles. The third-order valence-corrected chi connectivity index (χ3v) is 5.37. The number of benzene rings is 2. The van der Waals surface area contributed by atoms with E-state index in [0.29, 0.717) is 0 Å². The number of rotatable bonds is 8. The highest BCUT2D eigenvalue weighted by Gasteiger charge is 2.25. The van der Waals surface area contributed by atoms with Gasteiger partial charge in [-0.2, -0.15) is 0 Å². The maximum Gasteiger partial charge on any atom is 0.262 e. The van der Waals surface area contributed by atoms with Crippen LogP contribution in [0.5, 0.6) is 11.5 Å². The number of carbonyl (C=O) groups excluding carboxylic acids is 2. The zero-order valence-corrected chi connectivity index (χ0v) is 17.7. The van der Waals surface area contributed by atoms with E-state index in [-0.39, 0.29) is 40.1 Å². The van der Waals surface area contributed by atoms with Crippen LogP contribution in [-0.2, 0) is 14.8 Å². The second-order valence-electron chi connectivity index (χ2n) is 6.26. The molecule has 0 saturated heterocycles. The predicted molar refractivity (Wildman–Crippen MR) is 108 cm³/mol. The number of carbonyl (C=O) groups is 2. The average molecular weight is 439 g/mol. The summed E-state index contributed by atoms with van der Waals surface area (Å²) in [5.74, 6) is -1.92. The smallest absolute Gasteiger partial charge is 0.262 e. The summed E-state index contributed by atoms with van der Waals surface area (Å²) in [6.45, 7) is -0.304. The van der Waals surface area contributed by atoms with Crippen LogP contribution in [-0.4, -0.2) is 60.0 Å². The van der Waals surface area contributed by atoms with E-state index in [9.17, 15) is 22.4 Å². The number of hydrogen-bond donors (Lipinski definition) is 2. The molecule has 0 spiro atoms. The molecule has 30 heavy (non-hydrogen) atoms. The van der Waals surface area contributed by atoms with Crippen molar-refractivity contribution in [1.29, 1.82) is 0 Å². The van der Waals surface area contributed by atoms with Crippen molar-refractivity contribution in [3.05, 3.63) is 47.8 Å². The maximum atomic E-state index is 13.9. The Hall–Kier alpha value is -3.34. The number of nitrogens with zero attached hydrogens (tertiary/aromatic N) is 1. The minimum Gasteiger partial charge on any atom is -0.493 e. The second kappa shape index (κ2) is 9.44. The Morgan fingerprint density at radius 3 is 2.33 bits per heavy atom. The van der Waals surface area contributed by atoms with Gasteiger partial charge in [-0.15, -0.1) is 0 Å². The quantitative estimate of drug-likeness (QED) is 0.644. The van der Waals surface area contributed by atoms with E-state index in [1.807, 2.05) is 0 Å². The van der Waals surface area contributed by atoms with Crippen molar-refractivity contribution < 1.29 is 31.9 Å². The SMILES string of the molecule is COc1cc(S(=O)(=O)Nc2ccccc2F)cc(C(=O)NCC(=O)N(C)C)c1OC. The Balaban J connectivity index is 2.46. The van der Waals surface area contributed by atoms with Gasteiger partial charge in [-0.1, -0.05) is 12.1 Å². The van der Waals surface area contributed by atoms with Crippen LogP contribution in [0.4, 0.5) is 10.1 Å². The Kier molecular flexibility index (Phi) is 7.22. The topological polar surface area (TPSA) is 114 Å². The first-order chi connectivity index (χ1) is 14.1. The Bertz CT molecular complexity index is 1060. The zero-order chi connectivity index (χ0) is 22.5. The lowest BCUT2D eigenvalue weighted by Crippen LogP contribution is -2.36. The molecule has 0 aliphatic rings. The van der Waals surface area contributed by atoms with Gasteiger partial charge in [0.1, 0.15) is 5.82 Å². The summed E-state index contributed by atoms with van der Waals surface area (Å²) >= 11 is 0. The van der Waals surface area contributed by atoms with Crippen LogP contribution in [0.3, 0.4) is 0 Å². The van der Waals surface area contributed by atoms with E-state index in [0.717, 1.165) is 18.2 Å². The second-order valence-corrected chi connectivity index (χ2v) is 7.94. The van der Waals surface area contributed by atoms with Crippen molar-refractivity contribution in [1.82, 2.24) is 10.2 Å². The largest absolute Gasteiger partial charge is 0.493 e. The first kappa shape index (κ1) is 22.9. The average Bonchev–Trinajstić information content (AvgIpc) is 2.71. The highest BCUT2D eigenvalue weighted by atomic mass is 32.2. The van der Waals surface area contributed by atoms with E-state index >= 15 is 0 Å². The summed E-state index contributed by atoms with van der Waals surface area (Å²) in [5, 5.41) is 2.40. The van der Waals surface area contributed by atoms with Crippen LogP contribution in [0, 0.1) is 5.82 Å². The third-order valence-electron chi connectivity index (χ3n) is 4.02. The Morgan fingerprint density at radius 1 is 1.10 bits per heavy atom. The van der Waals surface area contributed by atoms with E-state index in [1.54, 1.807) is 0 Å². The van der Waals surface area contributed by atoms with Crippen LogP contribution in [0.15, 0.2) is 41.3 Å². The van der Waals surface area contributed by atoms with Crippen molar-refractivity contribution >= 4 is 27.5 Å². The van der Waals surface area contributed by atoms with Gasteiger partial charge in [0.2, 0.25) is 5.91 Å². The van der Waals surface area contributed by atoms with Gasteiger partial charge in [0.05, 0.1) is 36.9 Å². The molecular weight excluding hydrogens is 417 g/mol. The van der Waals surface area contributed by atoms with Gasteiger partial charge in [0, 0.05) is 20.2 Å². The Morgan fingerprint density at radius 2 is 1.77 bits per heavy atom. The number of nitrogens with one attached hydrogen (secondary N) is 2. The lowest BCUT2D eigenvalue weighted by Gasteiger charge is -2.16. The summed E-state index contributed by atoms with van der Waals surface area (Å²) in [6, 6.07) is 7.45. The fourth-order valence-corrected chi connectivity index (χ4v) is 3.53. The van der Waals surface area contributed by atoms with E-state index in [1.165, 1.54) is 51.4 Å². The highest BCUT2D eigenvalue weighted by Crippen LogP contribution is 2.35. The molecule has 0 fully saturated rings. The van der Waals surface area contributed by atoms with Gasteiger partial charge in [-0.05, 0) is 18.2 Å². The van der Waals surface area contributed by atoms with Gasteiger partial charge in [-0.3, -0.25) is 14.3 Å². The van der Waals surface area contributed by atoms with Crippen LogP contribution in [0.1, 0.15) is 10.4 Å². The maximum absolute atomic E-state index is 13.9. The summed E-state index contributed by atoms with van der Waals surface area (Å²) in [4.78, 5) is 25.3. The third kappa shape index (κ3) is 5.17. The summed E-state index contributed by atoms with van der Waals surface area (Å²) in [6.07, 6.45) is 0. The number of para-hydroxylation sites is 1. The van der Waals surface area contributed by atoms with Crippen molar-refractivity contribution in [2.75, 3.05) is 39.6 Å². The van der Waals surface area contributed by atoms with Crippen LogP contribution in [0.25, 0.3) is 0 Å². The molecule has 2 rings (SSSR count). The molecule has 0 unspecified atom stereocenters. The number of likely N-dealkylation sites (N-methyl/N-ethyl adjacent to an activating group) is 1. The molecule has 0 aliphatic heterocycles. The molecule has 0 aliphatic carbocycles. The van der Waals surface area contributed by atoms with E-state index < -0.39 is 21.7 Å². The number of hydrogen-bond acceptors (Lipinski definition) is 6. The summed E-state index contributed by atoms with van der Waals surface area (Å²) < 4.78 is 51.9. The van der Waals surface area contributed by atoms with Crippen molar-refractivity contribution in [3.8, 4) is 11.5 Å². The molecule has 0 bridgehead atoms. The molecule has 2 amide bonds. The van der Waals surface area contributed by atoms with Crippen LogP contribution < -0.4 is 19.5 Å². The van der Waals surface area contributed by atoms with Gasteiger partial charge in [0.25, 0.3) is 15.9 Å². The van der Waals surface area contributed by atoms with Gasteiger partial charge >= 0.3 is 0 Å². The van der Waals surface area contributed by atoms with E-state index in [2.05, 4.69) is 10.0 Å². The van der Waals surface area contributed by atoms with Crippen LogP contribution >= 0.6 is 0 Å². The number of methoxy groups -OCH3 is 2. The first-order valence-electron chi connectivity index (χ1n) is 8.62. The fourth-order valence-electron chi connectivity index (χ4n) is 2.42. The summed E-state index contributed by atoms with van der Waals surface area (Å²) in [7, 11) is 1.34. The molecule has 0 heterocycles. The molecule has 2 N–H and O–H groups in total. The molecule has 0 radical (unpaired) electrons. The number of ether oxygens (including phenoxy) is 2. The standard InChI is InChI=1S/C19H22FN3O6S/c1-23(2)17(24)11-21-19(25)13-9-12(10-16(28-3)18(13)29-4)30(26,27)22-15-8-6-5-7-14(15)20/h5-10,22H,11H2,1-4H3,(H,21,25). The molecule has 162 valence electrons. The number of amides is 2. The Labute approximate surface area is 173 Å². The molecule has 11 heteroatoms. The number of anilines is 1. The molecule has 2 aromatic rings. The highest BCUT2D eigenvalue weighted by molar-refractivity contribution is 7.92. The van der Waals surface area contributed by atoms with E-state index in [4.69, 9.17) is 9.47 Å². The van der Waals surface area contributed by atoms with Crippen molar-refractivity contribution in [2.24, 2.45) is 0 Å². The zero-order valence-electron chi connectivity index (χ0n) is 16.9. The molecule has 0 aromatic heterocycles. The first-order valence-corrected chi connectivity index (χ1v) is 10.1. The monoisotopic (exact) mass is 439 g/mol. The molecular formula is C19H22FN3O6S. The van der Waals surface area contributed by atoms with Gasteiger partial charge < -0.3 is 19.7 Å². The summed E-state index contributed by atoms with van der Waals surface area (Å²) in [5.41, 5.74) is -0.424. The van der Waals surface area contributed by atoms with Crippen LogP contribution in [0.2, 0.25) is 0 Å². The fraction of sp³-hybridized carbons (Fsp3) is 0.263. The lowest BCUT2D eigenvalue weighted by molar-refractivity contribution is -0.127. The van der Waals surface area contributed by atoms with Crippen molar-refractivity contribution in [3.63, 3.8) is 0 Å². The number of sulfonamides is 1. The minimum absolute atomic E-state index is 0.0165. The molecule has 9 nitrogen and oxygen atoms in total. The predicted octanol–water partition coefficient (Wildman–Crippen LogP) is 1.46. The normalized spacial score (nSPS) is 10.8.